The van der Waals surface area contributed by atoms with Crippen LogP contribution in [0.1, 0.15) is 22.5 Å². The van der Waals surface area contributed by atoms with Crippen LogP contribution >= 0.6 is 0 Å². The molecule has 0 aliphatic rings. The Hall–Kier alpha value is -3.21. The molecule has 0 amide bonds. The Morgan fingerprint density at radius 1 is 0.923 bits per heavy atom. The van der Waals surface area contributed by atoms with Crippen molar-refractivity contribution >= 4 is 11.0 Å². The van der Waals surface area contributed by atoms with Crippen molar-refractivity contribution in [3.8, 4) is 0 Å². The van der Waals surface area contributed by atoms with Gasteiger partial charge in [-0.2, -0.15) is 0 Å². The van der Waals surface area contributed by atoms with E-state index in [9.17, 15) is 0 Å². The lowest BCUT2D eigenvalue weighted by atomic mass is 10.2. The van der Waals surface area contributed by atoms with Crippen molar-refractivity contribution in [1.82, 2.24) is 19.1 Å². The number of aryl methyl sites for hydroxylation is 1. The zero-order valence-corrected chi connectivity index (χ0v) is 15.0. The Morgan fingerprint density at radius 3 is 2.42 bits per heavy atom. The number of pyridine rings is 1. The van der Waals surface area contributed by atoms with Crippen LogP contribution in [0.4, 0.5) is 0 Å². The number of nitrogens with zero attached hydrogens (tertiary/aromatic N) is 4. The third kappa shape index (κ3) is 2.81. The van der Waals surface area contributed by atoms with Gasteiger partial charge in [-0.25, -0.2) is 4.98 Å². The van der Waals surface area contributed by atoms with E-state index in [2.05, 4.69) is 35.5 Å². The van der Waals surface area contributed by atoms with Crippen molar-refractivity contribution < 1.29 is 0 Å². The molecular weight excluding hydrogens is 322 g/mol. The van der Waals surface area contributed by atoms with Gasteiger partial charge >= 0.3 is 0 Å². The van der Waals surface area contributed by atoms with E-state index in [1.165, 1.54) is 0 Å². The average molecular weight is 343 g/mol. The molecule has 0 bridgehead atoms. The van der Waals surface area contributed by atoms with Gasteiger partial charge in [-0.15, -0.1) is 0 Å². The first-order valence-corrected chi connectivity index (χ1v) is 8.68. The molecule has 1 N–H and O–H groups in total. The van der Waals surface area contributed by atoms with Gasteiger partial charge in [0.2, 0.25) is 0 Å². The van der Waals surface area contributed by atoms with Crippen molar-refractivity contribution in [2.75, 3.05) is 0 Å². The van der Waals surface area contributed by atoms with E-state index in [1.54, 1.807) is 12.5 Å². The lowest BCUT2D eigenvalue weighted by Gasteiger charge is -2.09. The monoisotopic (exact) mass is 343 g/mol. The number of nitrogens with one attached hydrogen (secondary N) is 1. The molecule has 4 aromatic rings. The molecule has 0 fully saturated rings. The fourth-order valence-electron chi connectivity index (χ4n) is 3.34. The molecule has 3 aromatic heterocycles. The van der Waals surface area contributed by atoms with E-state index in [4.69, 9.17) is 10.4 Å². The van der Waals surface area contributed by atoms with Gasteiger partial charge in [-0.3, -0.25) is 10.4 Å². The lowest BCUT2D eigenvalue weighted by Crippen LogP contribution is -2.22. The molecule has 0 atom stereocenters. The number of rotatable bonds is 4. The number of fused-ring (bicyclic) bond motifs is 1. The van der Waals surface area contributed by atoms with Crippen LogP contribution in [-0.2, 0) is 13.1 Å². The van der Waals surface area contributed by atoms with Crippen LogP contribution in [-0.4, -0.2) is 19.1 Å². The maximum atomic E-state index is 8.71. The molecule has 0 unspecified atom stereocenters. The maximum Gasteiger partial charge on any atom is 0.146 e. The lowest BCUT2D eigenvalue weighted by molar-refractivity contribution is 0.713. The molecule has 26 heavy (non-hydrogen) atoms. The Bertz CT molecular complexity index is 1110. The van der Waals surface area contributed by atoms with Gasteiger partial charge in [-0.1, -0.05) is 36.4 Å². The number of hydrogen-bond acceptors (Lipinski definition) is 3. The summed E-state index contributed by atoms with van der Waals surface area (Å²) in [5.41, 5.74) is 5.73. The Labute approximate surface area is 152 Å². The van der Waals surface area contributed by atoms with Crippen LogP contribution in [0.15, 0.2) is 61.1 Å². The number of benzene rings is 1. The Kier molecular flexibility index (Phi) is 4.13. The van der Waals surface area contributed by atoms with Crippen molar-refractivity contribution in [2.24, 2.45) is 0 Å². The van der Waals surface area contributed by atoms with Gasteiger partial charge in [0.25, 0.3) is 0 Å². The van der Waals surface area contributed by atoms with Crippen molar-refractivity contribution in [3.05, 3.63) is 89.1 Å². The van der Waals surface area contributed by atoms with Gasteiger partial charge in [0.1, 0.15) is 11.1 Å². The van der Waals surface area contributed by atoms with Crippen molar-refractivity contribution in [3.63, 3.8) is 0 Å². The molecular formula is C21H21N5. The van der Waals surface area contributed by atoms with Crippen LogP contribution in [0.3, 0.4) is 0 Å². The molecule has 0 saturated heterocycles. The molecule has 4 rings (SSSR count). The van der Waals surface area contributed by atoms with E-state index < -0.39 is 0 Å². The summed E-state index contributed by atoms with van der Waals surface area (Å²) in [7, 11) is 0. The summed E-state index contributed by atoms with van der Waals surface area (Å²) < 4.78 is 4.05. The van der Waals surface area contributed by atoms with Crippen LogP contribution in [0.25, 0.3) is 11.0 Å². The third-order valence-electron chi connectivity index (χ3n) is 4.89. The molecule has 0 saturated carbocycles. The summed E-state index contributed by atoms with van der Waals surface area (Å²) in [6.45, 7) is 5.46. The summed E-state index contributed by atoms with van der Waals surface area (Å²) in [4.78, 5) is 9.12. The van der Waals surface area contributed by atoms with Crippen LogP contribution in [0.5, 0.6) is 0 Å². The van der Waals surface area contributed by atoms with Gasteiger partial charge < -0.3 is 9.13 Å². The fraction of sp³-hybridized carbons (Fsp3) is 0.190. The van der Waals surface area contributed by atoms with Gasteiger partial charge in [0, 0.05) is 11.9 Å². The molecule has 1 aromatic carbocycles. The molecule has 0 aliphatic heterocycles. The predicted octanol–water partition coefficient (Wildman–Crippen LogP) is 3.43. The van der Waals surface area contributed by atoms with E-state index in [1.807, 2.05) is 41.0 Å². The molecule has 0 aliphatic carbocycles. The standard InChI is InChI=1S/C21H21N5/c1-15-16(2)26(13-18-10-6-7-11-23-18)21-19(15)20(22)25(14-24-21)12-17-8-4-3-5-9-17/h3-11,14,22H,12-13H2,1-2H3. The molecule has 5 heteroatoms. The maximum absolute atomic E-state index is 8.71. The molecule has 130 valence electrons. The summed E-state index contributed by atoms with van der Waals surface area (Å²) in [5, 5.41) is 9.63. The summed E-state index contributed by atoms with van der Waals surface area (Å²) in [5.74, 6) is 0. The average Bonchev–Trinajstić information content (AvgIpc) is 2.91. The smallest absolute Gasteiger partial charge is 0.146 e. The second kappa shape index (κ2) is 6.59. The molecule has 3 heterocycles. The minimum Gasteiger partial charge on any atom is -0.323 e. The topological polar surface area (TPSA) is 59.5 Å². The number of hydrogen-bond donors (Lipinski definition) is 1. The minimum absolute atomic E-state index is 0.499. The number of aromatic nitrogens is 4. The first kappa shape index (κ1) is 16.3. The van der Waals surface area contributed by atoms with Gasteiger partial charge in [-0.05, 0) is 37.1 Å². The molecule has 0 spiro atoms. The summed E-state index contributed by atoms with van der Waals surface area (Å²) >= 11 is 0. The summed E-state index contributed by atoms with van der Waals surface area (Å²) in [6, 6.07) is 16.1. The quantitative estimate of drug-likeness (QED) is 0.617. The first-order chi connectivity index (χ1) is 12.6. The zero-order valence-electron chi connectivity index (χ0n) is 15.0. The Morgan fingerprint density at radius 2 is 1.69 bits per heavy atom. The predicted molar refractivity (Wildman–Crippen MR) is 102 cm³/mol. The van der Waals surface area contributed by atoms with Crippen LogP contribution in [0, 0.1) is 19.3 Å². The van der Waals surface area contributed by atoms with E-state index in [0.29, 0.717) is 18.6 Å². The van der Waals surface area contributed by atoms with E-state index in [0.717, 1.165) is 33.5 Å². The van der Waals surface area contributed by atoms with E-state index in [-0.39, 0.29) is 0 Å². The highest BCUT2D eigenvalue weighted by atomic mass is 15.1. The highest BCUT2D eigenvalue weighted by molar-refractivity contribution is 5.80. The zero-order chi connectivity index (χ0) is 18.1. The second-order valence-electron chi connectivity index (χ2n) is 6.52. The van der Waals surface area contributed by atoms with Crippen LogP contribution < -0.4 is 5.49 Å². The second-order valence-corrected chi connectivity index (χ2v) is 6.52. The van der Waals surface area contributed by atoms with Gasteiger partial charge in [0.05, 0.1) is 30.5 Å². The highest BCUT2D eigenvalue weighted by Gasteiger charge is 2.15. The normalized spacial score (nSPS) is 11.2. The largest absolute Gasteiger partial charge is 0.323 e. The molecule has 5 nitrogen and oxygen atoms in total. The minimum atomic E-state index is 0.499. The Balaban J connectivity index is 1.81. The molecule has 0 radical (unpaired) electrons. The summed E-state index contributed by atoms with van der Waals surface area (Å²) in [6.07, 6.45) is 3.58. The fourth-order valence-corrected chi connectivity index (χ4v) is 3.34. The third-order valence-corrected chi connectivity index (χ3v) is 4.89. The van der Waals surface area contributed by atoms with E-state index >= 15 is 0 Å². The SMILES string of the molecule is Cc1c(C)n(Cc2ccccn2)c2ncn(Cc3ccccc3)c(=N)c12. The first-order valence-electron chi connectivity index (χ1n) is 8.68. The van der Waals surface area contributed by atoms with Crippen molar-refractivity contribution in [1.29, 1.82) is 5.41 Å². The van der Waals surface area contributed by atoms with Gasteiger partial charge in [0.15, 0.2) is 0 Å². The highest BCUT2D eigenvalue weighted by Crippen LogP contribution is 2.21. The van der Waals surface area contributed by atoms with Crippen LogP contribution in [0.2, 0.25) is 0 Å². The van der Waals surface area contributed by atoms with Crippen molar-refractivity contribution in [2.45, 2.75) is 26.9 Å².